The van der Waals surface area contributed by atoms with Crippen LogP contribution >= 0.6 is 22.9 Å². The summed E-state index contributed by atoms with van der Waals surface area (Å²) in [5.41, 5.74) is 1.54. The molecule has 2 heterocycles. The van der Waals surface area contributed by atoms with E-state index in [2.05, 4.69) is 5.32 Å². The van der Waals surface area contributed by atoms with Crippen molar-refractivity contribution in [3.05, 3.63) is 50.9 Å². The molecule has 1 aliphatic rings. The largest absolute Gasteiger partial charge is 0.350 e. The van der Waals surface area contributed by atoms with E-state index >= 15 is 0 Å². The number of nitrogens with one attached hydrogen (secondary N) is 1. The fourth-order valence-electron chi connectivity index (χ4n) is 3.11. The maximum absolute atomic E-state index is 12.8. The summed E-state index contributed by atoms with van der Waals surface area (Å²) in [5.74, 6) is 0.280. The first-order valence-corrected chi connectivity index (χ1v) is 10.5. The molecule has 1 N–H and O–H groups in total. The molecule has 0 bridgehead atoms. The van der Waals surface area contributed by atoms with Crippen molar-refractivity contribution < 1.29 is 9.59 Å². The summed E-state index contributed by atoms with van der Waals surface area (Å²) >= 11 is 7.52. The Labute approximate surface area is 168 Å². The average molecular weight is 406 g/mol. The number of piperidine rings is 1. The van der Waals surface area contributed by atoms with E-state index in [-0.39, 0.29) is 23.7 Å². The molecule has 3 rings (SSSR count). The minimum atomic E-state index is -0.0334. The molecule has 5 nitrogen and oxygen atoms in total. The first-order valence-electron chi connectivity index (χ1n) is 9.21. The fraction of sp³-hybridized carbons (Fsp3) is 0.450. The first-order chi connectivity index (χ1) is 12.9. The number of hydrogen-bond donors (Lipinski definition) is 1. The van der Waals surface area contributed by atoms with Gasteiger partial charge in [-0.3, -0.25) is 9.59 Å². The summed E-state index contributed by atoms with van der Waals surface area (Å²) in [6, 6.07) is 7.03. The number of benzene rings is 1. The molecular formula is C20H24ClN3O2S. The van der Waals surface area contributed by atoms with Crippen LogP contribution in [0.3, 0.4) is 0 Å². The van der Waals surface area contributed by atoms with Crippen LogP contribution in [0.4, 0.5) is 0 Å². The normalized spacial score (nSPS) is 17.2. The average Bonchev–Trinajstić information content (AvgIpc) is 3.15. The van der Waals surface area contributed by atoms with Gasteiger partial charge >= 0.3 is 0 Å². The minimum Gasteiger partial charge on any atom is -0.350 e. The van der Waals surface area contributed by atoms with Crippen LogP contribution in [0.2, 0.25) is 5.02 Å². The highest BCUT2D eigenvalue weighted by Crippen LogP contribution is 2.30. The molecule has 1 atom stereocenters. The number of aromatic nitrogens is 1. The lowest BCUT2D eigenvalue weighted by Crippen LogP contribution is -2.39. The SMILES string of the molecule is CC(C)C(=O)NCc1csc([C@H]2CCCN(C(=O)c3ccc(Cl)cc3)C2)n1. The molecular weight excluding hydrogens is 382 g/mol. The molecule has 0 aliphatic carbocycles. The Hall–Kier alpha value is -1.92. The molecule has 1 aliphatic heterocycles. The van der Waals surface area contributed by atoms with Crippen molar-refractivity contribution in [2.24, 2.45) is 5.92 Å². The Morgan fingerprint density at radius 1 is 1.33 bits per heavy atom. The molecule has 2 amide bonds. The van der Waals surface area contributed by atoms with Gasteiger partial charge in [0.15, 0.2) is 0 Å². The highest BCUT2D eigenvalue weighted by atomic mass is 35.5. The van der Waals surface area contributed by atoms with Gasteiger partial charge in [0.25, 0.3) is 5.91 Å². The molecule has 7 heteroatoms. The maximum Gasteiger partial charge on any atom is 0.253 e. The quantitative estimate of drug-likeness (QED) is 0.814. The molecule has 0 saturated carbocycles. The summed E-state index contributed by atoms with van der Waals surface area (Å²) in [7, 11) is 0. The lowest BCUT2D eigenvalue weighted by atomic mass is 9.98. The number of nitrogens with zero attached hydrogens (tertiary/aromatic N) is 2. The molecule has 1 aromatic heterocycles. The number of carbonyl (C=O) groups excluding carboxylic acids is 2. The van der Waals surface area contributed by atoms with Gasteiger partial charge in [0.1, 0.15) is 0 Å². The van der Waals surface area contributed by atoms with Crippen molar-refractivity contribution >= 4 is 34.8 Å². The second-order valence-corrected chi connectivity index (χ2v) is 8.47. The predicted octanol–water partition coefficient (Wildman–Crippen LogP) is 4.09. The summed E-state index contributed by atoms with van der Waals surface area (Å²) in [6.45, 7) is 5.63. The van der Waals surface area contributed by atoms with E-state index in [1.54, 1.807) is 35.6 Å². The summed E-state index contributed by atoms with van der Waals surface area (Å²) in [4.78, 5) is 31.1. The summed E-state index contributed by atoms with van der Waals surface area (Å²) in [5, 5.41) is 6.56. The van der Waals surface area contributed by atoms with Crippen LogP contribution in [0, 0.1) is 5.92 Å². The van der Waals surface area contributed by atoms with Crippen LogP contribution in [-0.4, -0.2) is 34.8 Å². The molecule has 2 aromatic rings. The molecule has 0 spiro atoms. The molecule has 1 aromatic carbocycles. The minimum absolute atomic E-state index is 0.0296. The number of likely N-dealkylation sites (tertiary alicyclic amines) is 1. The Balaban J connectivity index is 1.62. The summed E-state index contributed by atoms with van der Waals surface area (Å²) < 4.78 is 0. The standard InChI is InChI=1S/C20H24ClN3O2S/c1-13(2)18(25)22-10-17-12-27-19(23-17)15-4-3-9-24(11-15)20(26)14-5-7-16(21)8-6-14/h5-8,12-13,15H,3-4,9-11H2,1-2H3,(H,22,25)/t15-/m0/s1. The maximum atomic E-state index is 12.8. The second-order valence-electron chi connectivity index (χ2n) is 7.15. The van der Waals surface area contributed by atoms with E-state index in [1.807, 2.05) is 24.1 Å². The number of carbonyl (C=O) groups is 2. The third-order valence-corrected chi connectivity index (χ3v) is 5.99. The Morgan fingerprint density at radius 2 is 2.07 bits per heavy atom. The van der Waals surface area contributed by atoms with E-state index in [0.717, 1.165) is 30.1 Å². The van der Waals surface area contributed by atoms with E-state index in [4.69, 9.17) is 16.6 Å². The number of rotatable bonds is 5. The fourth-order valence-corrected chi connectivity index (χ4v) is 4.18. The zero-order chi connectivity index (χ0) is 19.4. The zero-order valence-electron chi connectivity index (χ0n) is 15.6. The highest BCUT2D eigenvalue weighted by Gasteiger charge is 2.27. The molecule has 0 unspecified atom stereocenters. The van der Waals surface area contributed by atoms with Gasteiger partial charge < -0.3 is 10.2 Å². The number of hydrogen-bond acceptors (Lipinski definition) is 4. The number of thiazole rings is 1. The predicted molar refractivity (Wildman–Crippen MR) is 108 cm³/mol. The zero-order valence-corrected chi connectivity index (χ0v) is 17.1. The van der Waals surface area contributed by atoms with Gasteiger partial charge in [0, 0.05) is 40.9 Å². The Bertz CT molecular complexity index is 804. The van der Waals surface area contributed by atoms with Crippen LogP contribution in [0.15, 0.2) is 29.6 Å². The van der Waals surface area contributed by atoms with E-state index in [9.17, 15) is 9.59 Å². The Kier molecular flexibility index (Phi) is 6.50. The lowest BCUT2D eigenvalue weighted by molar-refractivity contribution is -0.124. The van der Waals surface area contributed by atoms with Crippen LogP contribution in [0.25, 0.3) is 0 Å². The van der Waals surface area contributed by atoms with Crippen LogP contribution < -0.4 is 5.32 Å². The van der Waals surface area contributed by atoms with Gasteiger partial charge in [0.05, 0.1) is 17.2 Å². The third-order valence-electron chi connectivity index (χ3n) is 4.69. The molecule has 1 fully saturated rings. The molecule has 1 saturated heterocycles. The monoisotopic (exact) mass is 405 g/mol. The van der Waals surface area contributed by atoms with Crippen LogP contribution in [0.5, 0.6) is 0 Å². The topological polar surface area (TPSA) is 62.3 Å². The van der Waals surface area contributed by atoms with E-state index in [1.165, 1.54) is 0 Å². The van der Waals surface area contributed by atoms with Crippen molar-refractivity contribution in [2.45, 2.75) is 39.2 Å². The van der Waals surface area contributed by atoms with Crippen molar-refractivity contribution in [2.75, 3.05) is 13.1 Å². The van der Waals surface area contributed by atoms with Gasteiger partial charge in [-0.25, -0.2) is 4.98 Å². The summed E-state index contributed by atoms with van der Waals surface area (Å²) in [6.07, 6.45) is 1.98. The van der Waals surface area contributed by atoms with E-state index in [0.29, 0.717) is 23.7 Å². The van der Waals surface area contributed by atoms with Crippen molar-refractivity contribution in [1.82, 2.24) is 15.2 Å². The van der Waals surface area contributed by atoms with Crippen LogP contribution in [-0.2, 0) is 11.3 Å². The third kappa shape index (κ3) is 5.08. The van der Waals surface area contributed by atoms with Crippen molar-refractivity contribution in [1.29, 1.82) is 0 Å². The van der Waals surface area contributed by atoms with Gasteiger partial charge in [-0.2, -0.15) is 0 Å². The van der Waals surface area contributed by atoms with Gasteiger partial charge in [-0.05, 0) is 37.1 Å². The molecule has 27 heavy (non-hydrogen) atoms. The smallest absolute Gasteiger partial charge is 0.253 e. The van der Waals surface area contributed by atoms with Crippen molar-refractivity contribution in [3.8, 4) is 0 Å². The highest BCUT2D eigenvalue weighted by molar-refractivity contribution is 7.09. The number of halogens is 1. The van der Waals surface area contributed by atoms with Crippen LogP contribution in [0.1, 0.15) is 53.7 Å². The first kappa shape index (κ1) is 19.8. The molecule has 0 radical (unpaired) electrons. The lowest BCUT2D eigenvalue weighted by Gasteiger charge is -2.32. The van der Waals surface area contributed by atoms with E-state index < -0.39 is 0 Å². The Morgan fingerprint density at radius 3 is 2.78 bits per heavy atom. The molecule has 144 valence electrons. The van der Waals surface area contributed by atoms with Crippen molar-refractivity contribution in [3.63, 3.8) is 0 Å². The van der Waals surface area contributed by atoms with Gasteiger partial charge in [-0.1, -0.05) is 25.4 Å². The number of amides is 2. The second kappa shape index (κ2) is 8.85. The van der Waals surface area contributed by atoms with Gasteiger partial charge in [-0.15, -0.1) is 11.3 Å². The van der Waals surface area contributed by atoms with Gasteiger partial charge in [0.2, 0.25) is 5.91 Å².